The monoisotopic (exact) mass is 371 g/mol. The Morgan fingerprint density at radius 3 is 2.79 bits per heavy atom. The second kappa shape index (κ2) is 7.75. The van der Waals surface area contributed by atoms with Gasteiger partial charge in [-0.2, -0.15) is 4.68 Å². The Labute approximate surface area is 145 Å². The average Bonchev–Trinajstić information content (AvgIpc) is 3.00. The van der Waals surface area contributed by atoms with Gasteiger partial charge in [-0.1, -0.05) is 28.4 Å². The van der Waals surface area contributed by atoms with Crippen molar-refractivity contribution < 1.29 is 14.6 Å². The standard InChI is InChI=1S/C13H11Cl2N5O4/c14-8-1-2-9(10(15)7-8)13(16)18-24-12(21)4-6-19-5-3-11(17-19)20(22)23/h1-3,5,7H,4,6H2,(H2,16,18). The molecule has 0 spiro atoms. The number of nitro groups is 1. The average molecular weight is 372 g/mol. The van der Waals surface area contributed by atoms with Crippen molar-refractivity contribution in [3.05, 3.63) is 56.2 Å². The highest BCUT2D eigenvalue weighted by molar-refractivity contribution is 6.36. The molecule has 1 aromatic carbocycles. The highest BCUT2D eigenvalue weighted by atomic mass is 35.5. The fourth-order valence-electron chi connectivity index (χ4n) is 1.67. The van der Waals surface area contributed by atoms with Crippen molar-refractivity contribution in [1.82, 2.24) is 9.78 Å². The van der Waals surface area contributed by atoms with Crippen LogP contribution in [0.3, 0.4) is 0 Å². The summed E-state index contributed by atoms with van der Waals surface area (Å²) in [7, 11) is 0. The van der Waals surface area contributed by atoms with Crippen LogP contribution >= 0.6 is 23.2 Å². The van der Waals surface area contributed by atoms with E-state index in [-0.39, 0.29) is 29.6 Å². The number of aromatic nitrogens is 2. The van der Waals surface area contributed by atoms with E-state index in [0.717, 1.165) is 0 Å². The fourth-order valence-corrected chi connectivity index (χ4v) is 2.18. The second-order valence-electron chi connectivity index (χ2n) is 4.51. The first-order valence-corrected chi connectivity index (χ1v) is 7.29. The number of halogens is 2. The Morgan fingerprint density at radius 2 is 2.17 bits per heavy atom. The molecule has 0 aliphatic rings. The van der Waals surface area contributed by atoms with Crippen molar-refractivity contribution in [2.45, 2.75) is 13.0 Å². The summed E-state index contributed by atoms with van der Waals surface area (Å²) in [5.74, 6) is -1.07. The van der Waals surface area contributed by atoms with Gasteiger partial charge in [-0.05, 0) is 23.1 Å². The van der Waals surface area contributed by atoms with E-state index in [0.29, 0.717) is 10.6 Å². The molecule has 0 atom stereocenters. The van der Waals surface area contributed by atoms with Gasteiger partial charge < -0.3 is 20.7 Å². The van der Waals surface area contributed by atoms with Gasteiger partial charge in [-0.25, -0.2) is 4.79 Å². The van der Waals surface area contributed by atoms with Crippen LogP contribution in [0.15, 0.2) is 35.6 Å². The van der Waals surface area contributed by atoms with E-state index >= 15 is 0 Å². The van der Waals surface area contributed by atoms with Crippen LogP contribution in [0.4, 0.5) is 5.82 Å². The van der Waals surface area contributed by atoms with Gasteiger partial charge in [-0.15, -0.1) is 0 Å². The van der Waals surface area contributed by atoms with Crippen molar-refractivity contribution in [1.29, 1.82) is 0 Å². The molecule has 1 heterocycles. The minimum atomic E-state index is -0.679. The molecule has 0 aliphatic carbocycles. The van der Waals surface area contributed by atoms with Crippen LogP contribution in [0.1, 0.15) is 12.0 Å². The highest BCUT2D eigenvalue weighted by Crippen LogP contribution is 2.20. The predicted octanol–water partition coefficient (Wildman–Crippen LogP) is 2.35. The van der Waals surface area contributed by atoms with Crippen molar-refractivity contribution in [2.75, 3.05) is 0 Å². The summed E-state index contributed by atoms with van der Waals surface area (Å²) < 4.78 is 1.25. The molecular weight excluding hydrogens is 361 g/mol. The molecule has 11 heteroatoms. The molecule has 9 nitrogen and oxygen atoms in total. The lowest BCUT2D eigenvalue weighted by atomic mass is 10.2. The number of oxime groups is 1. The van der Waals surface area contributed by atoms with Crippen LogP contribution < -0.4 is 5.73 Å². The number of amidine groups is 1. The molecule has 2 rings (SSSR count). The third kappa shape index (κ3) is 4.67. The molecule has 126 valence electrons. The Balaban J connectivity index is 1.90. The number of carbonyl (C=O) groups is 1. The van der Waals surface area contributed by atoms with E-state index < -0.39 is 10.9 Å². The van der Waals surface area contributed by atoms with E-state index in [1.54, 1.807) is 12.1 Å². The molecule has 0 fully saturated rings. The first kappa shape index (κ1) is 17.7. The van der Waals surface area contributed by atoms with E-state index in [1.807, 2.05) is 0 Å². The molecule has 0 saturated carbocycles. The third-order valence-electron chi connectivity index (χ3n) is 2.81. The summed E-state index contributed by atoms with van der Waals surface area (Å²) >= 11 is 11.7. The molecule has 0 saturated heterocycles. The molecule has 1 aromatic heterocycles. The van der Waals surface area contributed by atoms with E-state index in [4.69, 9.17) is 28.9 Å². The molecular formula is C13H11Cl2N5O4. The highest BCUT2D eigenvalue weighted by Gasteiger charge is 2.13. The Hall–Kier alpha value is -2.65. The van der Waals surface area contributed by atoms with Gasteiger partial charge in [0.1, 0.15) is 0 Å². The van der Waals surface area contributed by atoms with Crippen molar-refractivity contribution in [3.63, 3.8) is 0 Å². The van der Waals surface area contributed by atoms with Gasteiger partial charge in [0.05, 0.1) is 35.4 Å². The van der Waals surface area contributed by atoms with Crippen molar-refractivity contribution >= 4 is 40.8 Å². The predicted molar refractivity (Wildman–Crippen MR) is 86.8 cm³/mol. The summed E-state index contributed by atoms with van der Waals surface area (Å²) in [5.41, 5.74) is 6.06. The van der Waals surface area contributed by atoms with Crippen molar-refractivity contribution in [3.8, 4) is 0 Å². The quantitative estimate of drug-likeness (QED) is 0.273. The van der Waals surface area contributed by atoms with Crippen molar-refractivity contribution in [2.24, 2.45) is 10.9 Å². The molecule has 24 heavy (non-hydrogen) atoms. The Kier molecular flexibility index (Phi) is 5.72. The maximum Gasteiger partial charge on any atom is 0.389 e. The van der Waals surface area contributed by atoms with Crippen LogP contribution in [0, 0.1) is 10.1 Å². The number of benzene rings is 1. The van der Waals surface area contributed by atoms with E-state index in [2.05, 4.69) is 15.1 Å². The topological polar surface area (TPSA) is 126 Å². The lowest BCUT2D eigenvalue weighted by Crippen LogP contribution is -2.16. The summed E-state index contributed by atoms with van der Waals surface area (Å²) in [6.07, 6.45) is 1.29. The maximum absolute atomic E-state index is 11.6. The number of hydrogen-bond donors (Lipinski definition) is 1. The Morgan fingerprint density at radius 1 is 1.42 bits per heavy atom. The SMILES string of the molecule is N/C(=N\OC(=O)CCn1ccc([N+](=O)[O-])n1)c1ccc(Cl)cc1Cl. The van der Waals surface area contributed by atoms with Crippen LogP contribution in [-0.4, -0.2) is 26.5 Å². The summed E-state index contributed by atoms with van der Waals surface area (Å²) in [6.45, 7) is 0.101. The first-order valence-electron chi connectivity index (χ1n) is 6.53. The molecule has 2 aromatic rings. The Bertz CT molecular complexity index is 805. The molecule has 0 bridgehead atoms. The van der Waals surface area contributed by atoms with E-state index in [9.17, 15) is 14.9 Å². The normalized spacial score (nSPS) is 11.3. The minimum Gasteiger partial charge on any atom is -0.380 e. The number of rotatable bonds is 6. The van der Waals surface area contributed by atoms with Gasteiger partial charge in [0, 0.05) is 10.6 Å². The van der Waals surface area contributed by atoms with Gasteiger partial charge in [0.25, 0.3) is 0 Å². The summed E-state index contributed by atoms with van der Waals surface area (Å²) in [4.78, 5) is 26.2. The van der Waals surface area contributed by atoms with Gasteiger partial charge in [-0.3, -0.25) is 0 Å². The number of nitrogens with zero attached hydrogens (tertiary/aromatic N) is 4. The number of aryl methyl sites for hydroxylation is 1. The summed E-state index contributed by atoms with van der Waals surface area (Å²) in [5, 5.41) is 18.4. The minimum absolute atomic E-state index is 0.0836. The van der Waals surface area contributed by atoms with Crippen LogP contribution in [0.5, 0.6) is 0 Å². The summed E-state index contributed by atoms with van der Waals surface area (Å²) in [6, 6.07) is 5.81. The van der Waals surface area contributed by atoms with Gasteiger partial charge in [0.2, 0.25) is 0 Å². The van der Waals surface area contributed by atoms with E-state index in [1.165, 1.54) is 23.0 Å². The number of carbonyl (C=O) groups excluding carboxylic acids is 1. The van der Waals surface area contributed by atoms with Crippen LogP contribution in [0.25, 0.3) is 0 Å². The number of hydrogen-bond acceptors (Lipinski definition) is 6. The molecule has 0 radical (unpaired) electrons. The zero-order valence-corrected chi connectivity index (χ0v) is 13.6. The van der Waals surface area contributed by atoms with Crippen LogP contribution in [-0.2, 0) is 16.2 Å². The fraction of sp³-hybridized carbons (Fsp3) is 0.154. The lowest BCUT2D eigenvalue weighted by Gasteiger charge is -2.03. The van der Waals surface area contributed by atoms with Gasteiger partial charge >= 0.3 is 11.8 Å². The molecule has 0 amide bonds. The zero-order chi connectivity index (χ0) is 17.7. The smallest absolute Gasteiger partial charge is 0.380 e. The zero-order valence-electron chi connectivity index (χ0n) is 12.1. The lowest BCUT2D eigenvalue weighted by molar-refractivity contribution is -0.389. The first-order chi connectivity index (χ1) is 11.4. The third-order valence-corrected chi connectivity index (χ3v) is 3.36. The largest absolute Gasteiger partial charge is 0.389 e. The van der Waals surface area contributed by atoms with Gasteiger partial charge in [0.15, 0.2) is 5.84 Å². The number of nitrogens with two attached hydrogens (primary N) is 1. The molecule has 2 N–H and O–H groups in total. The molecule has 0 aliphatic heterocycles. The maximum atomic E-state index is 11.6. The molecule has 0 unspecified atom stereocenters. The van der Waals surface area contributed by atoms with Crippen LogP contribution in [0.2, 0.25) is 10.0 Å². The second-order valence-corrected chi connectivity index (χ2v) is 5.35.